The van der Waals surface area contributed by atoms with E-state index < -0.39 is 11.4 Å². The Kier molecular flexibility index (Phi) is 3.34. The molecule has 2 rings (SSSR count). The van der Waals surface area contributed by atoms with Crippen molar-refractivity contribution in [3.8, 4) is 0 Å². The van der Waals surface area contributed by atoms with Gasteiger partial charge in [-0.2, -0.15) is 0 Å². The molecule has 2 unspecified atom stereocenters. The topological polar surface area (TPSA) is 47.5 Å². The van der Waals surface area contributed by atoms with Crippen molar-refractivity contribution in [3.63, 3.8) is 0 Å². The van der Waals surface area contributed by atoms with Gasteiger partial charge in [0.05, 0.1) is 5.71 Å². The Balaban J connectivity index is 2.00. The van der Waals surface area contributed by atoms with Crippen molar-refractivity contribution in [1.82, 2.24) is 5.32 Å². The second kappa shape index (κ2) is 4.31. The average molecular weight is 242 g/mol. The molecular formula is C12H22N2OS. The zero-order valence-corrected chi connectivity index (χ0v) is 11.3. The lowest BCUT2D eigenvalue weighted by Gasteiger charge is -2.20. The Morgan fingerprint density at radius 1 is 1.38 bits per heavy atom. The van der Waals surface area contributed by atoms with Gasteiger partial charge in [0.1, 0.15) is 16.1 Å². The molecule has 0 aromatic carbocycles. The van der Waals surface area contributed by atoms with Crippen LogP contribution >= 0.6 is 0 Å². The Morgan fingerprint density at radius 2 is 2.12 bits per heavy atom. The SMILES string of the molecule is CC(C)(C)[S+]([O-])N=C1CCC2(CCNC2)C1. The van der Waals surface area contributed by atoms with E-state index in [1.54, 1.807) is 0 Å². The van der Waals surface area contributed by atoms with E-state index in [1.165, 1.54) is 18.6 Å². The van der Waals surface area contributed by atoms with Crippen molar-refractivity contribution >= 4 is 17.1 Å². The molecule has 1 aliphatic carbocycles. The molecule has 1 N–H and O–H groups in total. The molecule has 2 atom stereocenters. The molecule has 1 heterocycles. The minimum Gasteiger partial charge on any atom is -0.591 e. The average Bonchev–Trinajstić information content (AvgIpc) is 2.77. The molecule has 2 fully saturated rings. The zero-order chi connectivity index (χ0) is 11.8. The summed E-state index contributed by atoms with van der Waals surface area (Å²) in [7, 11) is 0. The summed E-state index contributed by atoms with van der Waals surface area (Å²) >= 11 is -1.08. The molecule has 0 radical (unpaired) electrons. The third kappa shape index (κ3) is 2.60. The lowest BCUT2D eigenvalue weighted by atomic mass is 9.86. The van der Waals surface area contributed by atoms with Crippen molar-refractivity contribution < 1.29 is 4.55 Å². The van der Waals surface area contributed by atoms with Crippen LogP contribution in [0.4, 0.5) is 0 Å². The predicted molar refractivity (Wildman–Crippen MR) is 69.1 cm³/mol. The molecule has 1 spiro atoms. The number of rotatable bonds is 1. The molecule has 1 aliphatic heterocycles. The van der Waals surface area contributed by atoms with Gasteiger partial charge in [-0.25, -0.2) is 0 Å². The molecule has 3 nitrogen and oxygen atoms in total. The van der Waals surface area contributed by atoms with Crippen molar-refractivity contribution in [2.75, 3.05) is 13.1 Å². The first kappa shape index (κ1) is 12.4. The van der Waals surface area contributed by atoms with Crippen LogP contribution in [0.5, 0.6) is 0 Å². The van der Waals surface area contributed by atoms with Gasteiger partial charge in [-0.15, -0.1) is 0 Å². The van der Waals surface area contributed by atoms with E-state index >= 15 is 0 Å². The summed E-state index contributed by atoms with van der Waals surface area (Å²) in [6.07, 6.45) is 4.58. The van der Waals surface area contributed by atoms with E-state index in [9.17, 15) is 4.55 Å². The van der Waals surface area contributed by atoms with Gasteiger partial charge in [0.25, 0.3) is 0 Å². The number of hydrogen-bond donors (Lipinski definition) is 1. The Hall–Kier alpha value is -0.0600. The van der Waals surface area contributed by atoms with Crippen LogP contribution in [0.25, 0.3) is 0 Å². The molecule has 0 aromatic rings. The fourth-order valence-corrected chi connectivity index (χ4v) is 3.18. The van der Waals surface area contributed by atoms with Crippen LogP contribution in [0.2, 0.25) is 0 Å². The third-order valence-corrected chi connectivity index (χ3v) is 5.06. The van der Waals surface area contributed by atoms with Crippen LogP contribution in [0.3, 0.4) is 0 Å². The maximum Gasteiger partial charge on any atom is 0.144 e. The molecule has 0 bridgehead atoms. The van der Waals surface area contributed by atoms with Gasteiger partial charge in [-0.05, 0) is 58.4 Å². The molecule has 1 saturated heterocycles. The Morgan fingerprint density at radius 3 is 2.69 bits per heavy atom. The van der Waals surface area contributed by atoms with Crippen LogP contribution in [-0.4, -0.2) is 28.1 Å². The molecule has 4 heteroatoms. The first-order valence-corrected chi connectivity index (χ1v) is 7.21. The lowest BCUT2D eigenvalue weighted by Crippen LogP contribution is -2.27. The lowest BCUT2D eigenvalue weighted by molar-refractivity contribution is 0.346. The van der Waals surface area contributed by atoms with Crippen molar-refractivity contribution in [2.24, 2.45) is 9.81 Å². The summed E-state index contributed by atoms with van der Waals surface area (Å²) in [4.78, 5) is 0. The van der Waals surface area contributed by atoms with Gasteiger partial charge in [-0.3, -0.25) is 0 Å². The van der Waals surface area contributed by atoms with Gasteiger partial charge in [0, 0.05) is 6.54 Å². The van der Waals surface area contributed by atoms with Crippen LogP contribution < -0.4 is 5.32 Å². The largest absolute Gasteiger partial charge is 0.591 e. The van der Waals surface area contributed by atoms with Crippen LogP contribution in [0.15, 0.2) is 4.40 Å². The van der Waals surface area contributed by atoms with E-state index in [2.05, 4.69) is 9.71 Å². The minimum absolute atomic E-state index is 0.226. The van der Waals surface area contributed by atoms with E-state index in [0.29, 0.717) is 5.41 Å². The summed E-state index contributed by atoms with van der Waals surface area (Å²) < 4.78 is 16.1. The smallest absolute Gasteiger partial charge is 0.144 e. The zero-order valence-electron chi connectivity index (χ0n) is 10.5. The molecule has 16 heavy (non-hydrogen) atoms. The van der Waals surface area contributed by atoms with Crippen molar-refractivity contribution in [2.45, 2.75) is 51.2 Å². The summed E-state index contributed by atoms with van der Waals surface area (Å²) in [5, 5.41) is 3.43. The van der Waals surface area contributed by atoms with E-state index in [1.807, 2.05) is 20.8 Å². The maximum atomic E-state index is 11.9. The van der Waals surface area contributed by atoms with E-state index in [0.717, 1.165) is 25.9 Å². The van der Waals surface area contributed by atoms with Crippen LogP contribution in [0, 0.1) is 5.41 Å². The van der Waals surface area contributed by atoms with Crippen molar-refractivity contribution in [1.29, 1.82) is 0 Å². The van der Waals surface area contributed by atoms with Crippen LogP contribution in [0.1, 0.15) is 46.5 Å². The first-order valence-electron chi connectivity index (χ1n) is 6.11. The summed E-state index contributed by atoms with van der Waals surface area (Å²) in [6.45, 7) is 8.20. The highest BCUT2D eigenvalue weighted by Crippen LogP contribution is 2.41. The second-order valence-corrected chi connectivity index (χ2v) is 8.03. The number of nitrogens with zero attached hydrogens (tertiary/aromatic N) is 1. The quantitative estimate of drug-likeness (QED) is 0.715. The molecule has 2 aliphatic rings. The fraction of sp³-hybridized carbons (Fsp3) is 0.917. The number of nitrogens with one attached hydrogen (secondary N) is 1. The second-order valence-electron chi connectivity index (χ2n) is 6.12. The van der Waals surface area contributed by atoms with Gasteiger partial charge in [0.2, 0.25) is 0 Å². The summed E-state index contributed by atoms with van der Waals surface area (Å²) in [6, 6.07) is 0. The monoisotopic (exact) mass is 242 g/mol. The highest BCUT2D eigenvalue weighted by Gasteiger charge is 2.41. The van der Waals surface area contributed by atoms with Crippen LogP contribution in [-0.2, 0) is 11.4 Å². The normalized spacial score (nSPS) is 35.1. The minimum atomic E-state index is -1.08. The molecule has 0 aromatic heterocycles. The van der Waals surface area contributed by atoms with Crippen molar-refractivity contribution in [3.05, 3.63) is 0 Å². The standard InChI is InChI=1S/C12H22N2OS/c1-11(2,3)16(15)14-10-4-5-12(8-10)6-7-13-9-12/h13H,4-9H2,1-3H3. The summed E-state index contributed by atoms with van der Waals surface area (Å²) in [5.41, 5.74) is 1.62. The molecule has 1 saturated carbocycles. The fourth-order valence-electron chi connectivity index (χ4n) is 2.51. The number of hydrogen-bond acceptors (Lipinski definition) is 3. The van der Waals surface area contributed by atoms with Gasteiger partial charge >= 0.3 is 0 Å². The molecule has 92 valence electrons. The highest BCUT2D eigenvalue weighted by molar-refractivity contribution is 7.91. The van der Waals surface area contributed by atoms with Gasteiger partial charge in [-0.1, -0.05) is 4.40 Å². The summed E-state index contributed by atoms with van der Waals surface area (Å²) in [5.74, 6) is 0. The van der Waals surface area contributed by atoms with E-state index in [4.69, 9.17) is 0 Å². The highest BCUT2D eigenvalue weighted by atomic mass is 32.2. The van der Waals surface area contributed by atoms with Gasteiger partial charge < -0.3 is 9.87 Å². The maximum absolute atomic E-state index is 11.9. The first-order chi connectivity index (χ1) is 7.41. The van der Waals surface area contributed by atoms with Gasteiger partial charge in [0.15, 0.2) is 0 Å². The predicted octanol–water partition coefficient (Wildman–Crippen LogP) is 2.05. The van der Waals surface area contributed by atoms with E-state index in [-0.39, 0.29) is 4.75 Å². The Labute approximate surface area is 101 Å². The molecular weight excluding hydrogens is 220 g/mol. The molecule has 0 amide bonds. The third-order valence-electron chi connectivity index (χ3n) is 3.59. The Bertz CT molecular complexity index is 290.